The lowest BCUT2D eigenvalue weighted by molar-refractivity contribution is -0.116. The Hall–Kier alpha value is -3.32. The zero-order chi connectivity index (χ0) is 22.1. The number of carboxylic acid groups (broad SMARTS) is 1. The summed E-state index contributed by atoms with van der Waals surface area (Å²) in [7, 11) is 1.58. The van der Waals surface area contributed by atoms with E-state index in [-0.39, 0.29) is 29.2 Å². The van der Waals surface area contributed by atoms with Gasteiger partial charge in [-0.2, -0.15) is 0 Å². The number of hydrogen-bond donors (Lipinski definition) is 2. The molecule has 3 aromatic rings. The molecule has 2 heterocycles. The number of aromatic carboxylic acids is 1. The Balaban J connectivity index is 1.87. The van der Waals surface area contributed by atoms with Crippen LogP contribution in [0, 0.1) is 0 Å². The smallest absolute Gasteiger partial charge is 0.346 e. The third-order valence-corrected chi connectivity index (χ3v) is 6.41. The summed E-state index contributed by atoms with van der Waals surface area (Å²) < 4.78 is 11.3. The highest BCUT2D eigenvalue weighted by Crippen LogP contribution is 2.50. The average Bonchev–Trinajstić information content (AvgIpc) is 3.13. The first kappa shape index (κ1) is 20.9. The molecule has 2 aromatic carbocycles. The van der Waals surface area contributed by atoms with Crippen molar-refractivity contribution in [2.24, 2.45) is 0 Å². The summed E-state index contributed by atoms with van der Waals surface area (Å²) in [5.74, 6) is -0.220. The molecule has 1 aliphatic heterocycles. The number of nitrogens with one attached hydrogen (secondary N) is 1. The molecule has 2 N–H and O–H groups in total. The molecule has 1 aliphatic rings. The van der Waals surface area contributed by atoms with Gasteiger partial charge in [0.1, 0.15) is 4.88 Å². The summed E-state index contributed by atoms with van der Waals surface area (Å²) in [5.41, 5.74) is 2.78. The molecule has 1 aromatic heterocycles. The Bertz CT molecular complexity index is 1140. The van der Waals surface area contributed by atoms with Crippen molar-refractivity contribution >= 4 is 28.9 Å². The minimum atomic E-state index is -1.01. The van der Waals surface area contributed by atoms with E-state index in [1.54, 1.807) is 7.11 Å². The van der Waals surface area contributed by atoms with Crippen LogP contribution in [0.2, 0.25) is 0 Å². The number of amides is 1. The van der Waals surface area contributed by atoms with E-state index in [0.29, 0.717) is 22.7 Å². The highest BCUT2D eigenvalue weighted by molar-refractivity contribution is 7.15. The van der Waals surface area contributed by atoms with Gasteiger partial charge in [0.25, 0.3) is 0 Å². The molecule has 0 radical (unpaired) electrons. The Kier molecular flexibility index (Phi) is 5.69. The number of rotatable bonds is 6. The number of fused-ring (bicyclic) bond motifs is 1. The third-order valence-electron chi connectivity index (χ3n) is 5.12. The first-order valence-electron chi connectivity index (χ1n) is 9.98. The molecular weight excluding hydrogens is 414 g/mol. The van der Waals surface area contributed by atoms with Crippen molar-refractivity contribution in [2.45, 2.75) is 32.3 Å². The lowest BCUT2D eigenvalue weighted by Gasteiger charge is -2.25. The maximum absolute atomic E-state index is 12.6. The van der Waals surface area contributed by atoms with Crippen LogP contribution in [0.5, 0.6) is 11.5 Å². The number of carbonyl (C=O) groups is 2. The molecular formula is C24H23NO5S. The minimum Gasteiger partial charge on any atom is -0.493 e. The summed E-state index contributed by atoms with van der Waals surface area (Å²) in [6.45, 7) is 3.87. The highest BCUT2D eigenvalue weighted by atomic mass is 32.1. The van der Waals surface area contributed by atoms with E-state index < -0.39 is 5.97 Å². The number of methoxy groups -OCH3 is 1. The summed E-state index contributed by atoms with van der Waals surface area (Å²) in [4.78, 5) is 25.8. The van der Waals surface area contributed by atoms with Crippen molar-refractivity contribution in [1.29, 1.82) is 0 Å². The topological polar surface area (TPSA) is 84.9 Å². The summed E-state index contributed by atoms with van der Waals surface area (Å²) in [5, 5.41) is 12.8. The van der Waals surface area contributed by atoms with Crippen LogP contribution in [0.25, 0.3) is 11.1 Å². The second-order valence-electron chi connectivity index (χ2n) is 7.60. The van der Waals surface area contributed by atoms with Crippen LogP contribution in [0.3, 0.4) is 0 Å². The van der Waals surface area contributed by atoms with E-state index in [0.717, 1.165) is 16.0 Å². The number of ether oxygens (including phenoxy) is 2. The molecule has 0 saturated carbocycles. The zero-order valence-corrected chi connectivity index (χ0v) is 18.3. The van der Waals surface area contributed by atoms with Crippen molar-refractivity contribution in [3.05, 3.63) is 63.8 Å². The van der Waals surface area contributed by atoms with Gasteiger partial charge in [-0.25, -0.2) is 4.79 Å². The van der Waals surface area contributed by atoms with Crippen molar-refractivity contribution in [1.82, 2.24) is 0 Å². The number of anilines is 1. The molecule has 0 fully saturated rings. The van der Waals surface area contributed by atoms with Gasteiger partial charge in [-0.05, 0) is 37.1 Å². The van der Waals surface area contributed by atoms with Crippen LogP contribution in [-0.2, 0) is 4.79 Å². The molecule has 0 bridgehead atoms. The first-order valence-corrected chi connectivity index (χ1v) is 10.8. The third kappa shape index (κ3) is 4.01. The molecule has 0 spiro atoms. The van der Waals surface area contributed by atoms with E-state index in [1.165, 1.54) is 11.3 Å². The average molecular weight is 438 g/mol. The summed E-state index contributed by atoms with van der Waals surface area (Å²) >= 11 is 1.21. The lowest BCUT2D eigenvalue weighted by Crippen LogP contribution is -2.22. The Morgan fingerprint density at radius 1 is 1.16 bits per heavy atom. The molecule has 160 valence electrons. The maximum atomic E-state index is 12.6. The van der Waals surface area contributed by atoms with E-state index in [9.17, 15) is 14.7 Å². The quantitative estimate of drug-likeness (QED) is 0.541. The number of benzene rings is 2. The van der Waals surface area contributed by atoms with E-state index >= 15 is 0 Å². The summed E-state index contributed by atoms with van der Waals surface area (Å²) in [6, 6.07) is 14.9. The van der Waals surface area contributed by atoms with Crippen molar-refractivity contribution in [3.63, 3.8) is 0 Å². The molecule has 0 saturated heterocycles. The second kappa shape index (κ2) is 8.43. The van der Waals surface area contributed by atoms with Gasteiger partial charge in [0, 0.05) is 22.8 Å². The molecule has 4 rings (SSSR count). The van der Waals surface area contributed by atoms with Crippen LogP contribution in [0.1, 0.15) is 46.3 Å². The highest BCUT2D eigenvalue weighted by Gasteiger charge is 2.34. The number of carboxylic acids is 1. The first-order chi connectivity index (χ1) is 14.9. The summed E-state index contributed by atoms with van der Waals surface area (Å²) in [6.07, 6.45) is 0.188. The van der Waals surface area contributed by atoms with E-state index in [4.69, 9.17) is 9.47 Å². The van der Waals surface area contributed by atoms with Gasteiger partial charge in [0.05, 0.1) is 18.9 Å². The fourth-order valence-corrected chi connectivity index (χ4v) is 5.09. The predicted octanol–water partition coefficient (Wildman–Crippen LogP) is 5.38. The van der Waals surface area contributed by atoms with Crippen LogP contribution >= 0.6 is 11.3 Å². The zero-order valence-electron chi connectivity index (χ0n) is 17.5. The minimum absolute atomic E-state index is 0.0422. The van der Waals surface area contributed by atoms with Gasteiger partial charge in [-0.1, -0.05) is 36.4 Å². The van der Waals surface area contributed by atoms with Crippen LogP contribution in [-0.4, -0.2) is 30.2 Å². The molecule has 0 aliphatic carbocycles. The van der Waals surface area contributed by atoms with Crippen molar-refractivity contribution < 1.29 is 24.2 Å². The number of carbonyl (C=O) groups excluding carboxylic acids is 1. The number of hydrogen-bond acceptors (Lipinski definition) is 5. The molecule has 1 atom stereocenters. The standard InChI is InChI=1S/C24H23NO5S/c1-13(2)30-18-11-15(9-10-17(18)29-3)16-12-19(26)25-21-20(14-7-5-4-6-8-14)23(24(27)28)31-22(16)21/h4-11,13,16H,12H2,1-3H3,(H,25,26)(H,27,28). The normalized spacial score (nSPS) is 15.4. The van der Waals surface area contributed by atoms with Crippen molar-refractivity contribution in [2.75, 3.05) is 12.4 Å². The van der Waals surface area contributed by atoms with Crippen LogP contribution in [0.4, 0.5) is 5.69 Å². The maximum Gasteiger partial charge on any atom is 0.346 e. The molecule has 1 amide bonds. The lowest BCUT2D eigenvalue weighted by atomic mass is 9.88. The van der Waals surface area contributed by atoms with E-state index in [2.05, 4.69) is 5.32 Å². The molecule has 6 nitrogen and oxygen atoms in total. The second-order valence-corrected chi connectivity index (χ2v) is 8.65. The Morgan fingerprint density at radius 3 is 2.55 bits per heavy atom. The molecule has 31 heavy (non-hydrogen) atoms. The van der Waals surface area contributed by atoms with Gasteiger partial charge < -0.3 is 19.9 Å². The van der Waals surface area contributed by atoms with Crippen molar-refractivity contribution in [3.8, 4) is 22.6 Å². The van der Waals surface area contributed by atoms with E-state index in [1.807, 2.05) is 62.4 Å². The Morgan fingerprint density at radius 2 is 1.90 bits per heavy atom. The predicted molar refractivity (Wildman–Crippen MR) is 121 cm³/mol. The monoisotopic (exact) mass is 437 g/mol. The van der Waals surface area contributed by atoms with Crippen LogP contribution < -0.4 is 14.8 Å². The molecule has 1 unspecified atom stereocenters. The SMILES string of the molecule is COc1ccc(C2CC(=O)Nc3c2sc(C(=O)O)c3-c2ccccc2)cc1OC(C)C. The number of thiophene rings is 1. The van der Waals surface area contributed by atoms with Gasteiger partial charge in [0.15, 0.2) is 11.5 Å². The fourth-order valence-electron chi connectivity index (χ4n) is 3.84. The Labute approximate surface area is 184 Å². The van der Waals surface area contributed by atoms with Gasteiger partial charge in [-0.3, -0.25) is 4.79 Å². The van der Waals surface area contributed by atoms with Gasteiger partial charge in [-0.15, -0.1) is 11.3 Å². The molecule has 7 heteroatoms. The largest absolute Gasteiger partial charge is 0.493 e. The van der Waals surface area contributed by atoms with Crippen LogP contribution in [0.15, 0.2) is 48.5 Å². The van der Waals surface area contributed by atoms with Gasteiger partial charge in [0.2, 0.25) is 5.91 Å². The fraction of sp³-hybridized carbons (Fsp3) is 0.250. The van der Waals surface area contributed by atoms with Gasteiger partial charge >= 0.3 is 5.97 Å².